The molecule has 1 fully saturated rings. The number of carbonyl (C=O) groups excluding carboxylic acids is 1. The number of amides is 1. The van der Waals surface area contributed by atoms with Crippen LogP contribution in [0, 0.1) is 0 Å². The van der Waals surface area contributed by atoms with E-state index in [9.17, 15) is 4.79 Å². The zero-order valence-corrected chi connectivity index (χ0v) is 12.1. The van der Waals surface area contributed by atoms with E-state index in [4.69, 9.17) is 11.6 Å². The predicted octanol–water partition coefficient (Wildman–Crippen LogP) is 3.48. The van der Waals surface area contributed by atoms with Gasteiger partial charge in [-0.3, -0.25) is 10.1 Å². The molecule has 1 aliphatic carbocycles. The molecule has 21 heavy (non-hydrogen) atoms. The standard InChI is InChI=1S/C17H15ClN2O/c18-13-8-4-7-11-15(13)20-17(21)16(11)19-14-9-12(14)10-5-2-1-3-6-10/h1-8,12,14,16,19H,9H2,(H,20,21). The molecule has 0 saturated heterocycles. The molecule has 4 heteroatoms. The van der Waals surface area contributed by atoms with Gasteiger partial charge in [-0.25, -0.2) is 0 Å². The van der Waals surface area contributed by atoms with Crippen molar-refractivity contribution in [1.29, 1.82) is 0 Å². The minimum absolute atomic E-state index is 0.0168. The van der Waals surface area contributed by atoms with Gasteiger partial charge < -0.3 is 5.32 Å². The van der Waals surface area contributed by atoms with Gasteiger partial charge >= 0.3 is 0 Å². The van der Waals surface area contributed by atoms with Crippen LogP contribution in [0.1, 0.15) is 29.5 Å². The lowest BCUT2D eigenvalue weighted by Crippen LogP contribution is -2.29. The zero-order valence-electron chi connectivity index (χ0n) is 11.3. The van der Waals surface area contributed by atoms with Gasteiger partial charge in [0.2, 0.25) is 5.91 Å². The van der Waals surface area contributed by atoms with Crippen LogP contribution in [0.3, 0.4) is 0 Å². The van der Waals surface area contributed by atoms with E-state index in [1.54, 1.807) is 6.07 Å². The van der Waals surface area contributed by atoms with Crippen LogP contribution in [0.5, 0.6) is 0 Å². The molecule has 3 nitrogen and oxygen atoms in total. The summed E-state index contributed by atoms with van der Waals surface area (Å²) in [5, 5.41) is 6.93. The molecule has 4 rings (SSSR count). The van der Waals surface area contributed by atoms with E-state index < -0.39 is 0 Å². The maximum Gasteiger partial charge on any atom is 0.246 e. The van der Waals surface area contributed by atoms with Crippen LogP contribution in [0.2, 0.25) is 5.02 Å². The van der Waals surface area contributed by atoms with E-state index in [-0.39, 0.29) is 11.9 Å². The Balaban J connectivity index is 1.53. The molecule has 3 unspecified atom stereocenters. The molecular weight excluding hydrogens is 284 g/mol. The van der Waals surface area contributed by atoms with E-state index in [1.807, 2.05) is 18.2 Å². The lowest BCUT2D eigenvalue weighted by Gasteiger charge is -2.11. The molecule has 1 aliphatic heterocycles. The molecule has 2 aromatic rings. The van der Waals surface area contributed by atoms with Crippen molar-refractivity contribution in [1.82, 2.24) is 5.32 Å². The van der Waals surface area contributed by atoms with Gasteiger partial charge in [0.1, 0.15) is 6.04 Å². The van der Waals surface area contributed by atoms with E-state index in [1.165, 1.54) is 5.56 Å². The summed E-state index contributed by atoms with van der Waals surface area (Å²) >= 11 is 6.13. The normalized spacial score (nSPS) is 26.3. The lowest BCUT2D eigenvalue weighted by molar-refractivity contribution is -0.117. The third-order valence-electron chi connectivity index (χ3n) is 4.27. The molecule has 106 valence electrons. The Morgan fingerprint density at radius 2 is 1.90 bits per heavy atom. The number of hydrogen-bond donors (Lipinski definition) is 2. The van der Waals surface area contributed by atoms with Gasteiger partial charge in [-0.1, -0.05) is 54.1 Å². The van der Waals surface area contributed by atoms with Crippen LogP contribution in [0.4, 0.5) is 5.69 Å². The van der Waals surface area contributed by atoms with Gasteiger partial charge in [0.05, 0.1) is 10.7 Å². The minimum Gasteiger partial charge on any atom is -0.323 e. The molecule has 2 N–H and O–H groups in total. The number of fused-ring (bicyclic) bond motifs is 1. The topological polar surface area (TPSA) is 41.1 Å². The minimum atomic E-state index is -0.294. The SMILES string of the molecule is O=C1Nc2c(Cl)cccc2C1NC1CC1c1ccccc1. The zero-order chi connectivity index (χ0) is 14.4. The second-order valence-corrected chi connectivity index (χ2v) is 6.06. The number of rotatable bonds is 3. The van der Waals surface area contributed by atoms with Gasteiger partial charge in [-0.15, -0.1) is 0 Å². The molecule has 0 radical (unpaired) electrons. The van der Waals surface area contributed by atoms with E-state index in [0.717, 1.165) is 17.7 Å². The van der Waals surface area contributed by atoms with Crippen LogP contribution >= 0.6 is 11.6 Å². The fraction of sp³-hybridized carbons (Fsp3) is 0.235. The number of halogens is 1. The summed E-state index contributed by atoms with van der Waals surface area (Å²) in [6, 6.07) is 16.1. The summed E-state index contributed by atoms with van der Waals surface area (Å²) < 4.78 is 0. The molecule has 3 atom stereocenters. The Kier molecular flexibility index (Phi) is 2.98. The second-order valence-electron chi connectivity index (χ2n) is 5.65. The second kappa shape index (κ2) is 4.86. The van der Waals surface area contributed by atoms with Crippen molar-refractivity contribution in [2.75, 3.05) is 5.32 Å². The highest BCUT2D eigenvalue weighted by Gasteiger charge is 2.43. The summed E-state index contributed by atoms with van der Waals surface area (Å²) in [5.74, 6) is 0.485. The van der Waals surface area contributed by atoms with E-state index >= 15 is 0 Å². The van der Waals surface area contributed by atoms with Crippen molar-refractivity contribution in [3.8, 4) is 0 Å². The number of hydrogen-bond acceptors (Lipinski definition) is 2. The van der Waals surface area contributed by atoms with Crippen LogP contribution in [-0.2, 0) is 4.79 Å². The number of anilines is 1. The van der Waals surface area contributed by atoms with Crippen LogP contribution < -0.4 is 10.6 Å². The van der Waals surface area contributed by atoms with Gasteiger partial charge in [-0.2, -0.15) is 0 Å². The first kappa shape index (κ1) is 12.9. The molecule has 1 amide bonds. The first-order valence-corrected chi connectivity index (χ1v) is 7.52. The summed E-state index contributed by atoms with van der Waals surface area (Å²) in [6.07, 6.45) is 1.07. The molecule has 2 aliphatic rings. The first-order chi connectivity index (χ1) is 10.2. The summed E-state index contributed by atoms with van der Waals surface area (Å²) in [4.78, 5) is 12.2. The molecule has 1 saturated carbocycles. The highest BCUT2D eigenvalue weighted by Crippen LogP contribution is 2.44. The van der Waals surface area contributed by atoms with Gasteiger partial charge in [0, 0.05) is 17.5 Å². The van der Waals surface area contributed by atoms with Crippen molar-refractivity contribution in [3.63, 3.8) is 0 Å². The largest absolute Gasteiger partial charge is 0.323 e. The van der Waals surface area contributed by atoms with Crippen LogP contribution in [0.25, 0.3) is 0 Å². The molecule has 2 aromatic carbocycles. The maximum absolute atomic E-state index is 12.2. The molecule has 0 aromatic heterocycles. The molecular formula is C17H15ClN2O. The predicted molar refractivity (Wildman–Crippen MR) is 83.5 cm³/mol. The Labute approximate surface area is 128 Å². The number of benzene rings is 2. The fourth-order valence-electron chi connectivity index (χ4n) is 3.08. The molecule has 0 spiro atoms. The summed E-state index contributed by atoms with van der Waals surface area (Å²) in [7, 11) is 0. The summed E-state index contributed by atoms with van der Waals surface area (Å²) in [5.41, 5.74) is 3.03. The summed E-state index contributed by atoms with van der Waals surface area (Å²) in [6.45, 7) is 0. The van der Waals surface area contributed by atoms with Crippen LogP contribution in [0.15, 0.2) is 48.5 Å². The third kappa shape index (κ3) is 2.23. The average molecular weight is 299 g/mol. The van der Waals surface area contributed by atoms with E-state index in [2.05, 4.69) is 34.9 Å². The number of carbonyl (C=O) groups is 1. The van der Waals surface area contributed by atoms with Crippen molar-refractivity contribution in [3.05, 3.63) is 64.7 Å². The Hall–Kier alpha value is -1.84. The number of nitrogens with one attached hydrogen (secondary N) is 2. The third-order valence-corrected chi connectivity index (χ3v) is 4.58. The molecule has 0 bridgehead atoms. The van der Waals surface area contributed by atoms with Crippen LogP contribution in [-0.4, -0.2) is 11.9 Å². The molecule has 1 heterocycles. The highest BCUT2D eigenvalue weighted by atomic mass is 35.5. The van der Waals surface area contributed by atoms with Crippen molar-refractivity contribution in [2.24, 2.45) is 0 Å². The van der Waals surface area contributed by atoms with Gasteiger partial charge in [-0.05, 0) is 18.1 Å². The lowest BCUT2D eigenvalue weighted by atomic mass is 10.1. The maximum atomic E-state index is 12.2. The van der Waals surface area contributed by atoms with Crippen molar-refractivity contribution >= 4 is 23.2 Å². The van der Waals surface area contributed by atoms with Crippen molar-refractivity contribution in [2.45, 2.75) is 24.4 Å². The van der Waals surface area contributed by atoms with Gasteiger partial charge in [0.15, 0.2) is 0 Å². The average Bonchev–Trinajstić information content (AvgIpc) is 3.20. The Bertz CT molecular complexity index is 701. The quantitative estimate of drug-likeness (QED) is 0.911. The Morgan fingerprint density at radius 1 is 1.10 bits per heavy atom. The first-order valence-electron chi connectivity index (χ1n) is 7.14. The fourth-order valence-corrected chi connectivity index (χ4v) is 3.31. The van der Waals surface area contributed by atoms with Gasteiger partial charge in [0.25, 0.3) is 0 Å². The Morgan fingerprint density at radius 3 is 2.71 bits per heavy atom. The van der Waals surface area contributed by atoms with E-state index in [0.29, 0.717) is 17.0 Å². The highest BCUT2D eigenvalue weighted by molar-refractivity contribution is 6.34. The monoisotopic (exact) mass is 298 g/mol. The smallest absolute Gasteiger partial charge is 0.246 e. The number of para-hydroxylation sites is 1. The van der Waals surface area contributed by atoms with Crippen molar-refractivity contribution < 1.29 is 4.79 Å².